The van der Waals surface area contributed by atoms with Gasteiger partial charge in [0.1, 0.15) is 0 Å². The predicted molar refractivity (Wildman–Crippen MR) is 70.6 cm³/mol. The molecule has 0 saturated heterocycles. The van der Waals surface area contributed by atoms with Gasteiger partial charge in [-0.25, -0.2) is 0 Å². The molecule has 2 rings (SSSR count). The molecule has 16 heavy (non-hydrogen) atoms. The van der Waals surface area contributed by atoms with E-state index in [1.165, 1.54) is 25.7 Å². The van der Waals surface area contributed by atoms with Crippen molar-refractivity contribution in [3.05, 3.63) is 35.9 Å². The first kappa shape index (κ1) is 11.7. The quantitative estimate of drug-likeness (QED) is 0.619. The average molecular weight is 216 g/mol. The highest BCUT2D eigenvalue weighted by Crippen LogP contribution is 2.46. The van der Waals surface area contributed by atoms with Crippen LogP contribution in [0.1, 0.15) is 57.9 Å². The molecule has 1 saturated carbocycles. The first-order valence-corrected chi connectivity index (χ1v) is 6.64. The van der Waals surface area contributed by atoms with E-state index in [1.54, 1.807) is 5.56 Å². The molecular weight excluding hydrogens is 192 g/mol. The zero-order chi connectivity index (χ0) is 11.6. The lowest BCUT2D eigenvalue weighted by Crippen LogP contribution is -2.29. The highest BCUT2D eigenvalue weighted by atomic mass is 14.4. The lowest BCUT2D eigenvalue weighted by Gasteiger charge is -2.40. The van der Waals surface area contributed by atoms with Gasteiger partial charge in [-0.15, -0.1) is 0 Å². The molecule has 1 aromatic carbocycles. The van der Waals surface area contributed by atoms with Crippen molar-refractivity contribution in [1.82, 2.24) is 0 Å². The molecule has 1 aliphatic rings. The van der Waals surface area contributed by atoms with Crippen LogP contribution in [0.4, 0.5) is 0 Å². The van der Waals surface area contributed by atoms with Gasteiger partial charge in [-0.2, -0.15) is 0 Å². The number of rotatable bonds is 1. The van der Waals surface area contributed by atoms with Crippen molar-refractivity contribution in [1.29, 1.82) is 0 Å². The fourth-order valence-corrected chi connectivity index (χ4v) is 3.27. The largest absolute Gasteiger partial charge is 0.0622 e. The molecule has 0 aromatic heterocycles. The standard InChI is InChI=1S/C16H24/c1-16(2,3)15-12-8-7-11-14(15)13-9-5-4-6-10-13/h4-6,9-10,14-15H,7-8,11-12H2,1-3H3/t14-,15+/m1/s1. The number of benzene rings is 1. The molecular formula is C16H24. The van der Waals surface area contributed by atoms with Gasteiger partial charge < -0.3 is 0 Å². The average Bonchev–Trinajstić information content (AvgIpc) is 2.29. The summed E-state index contributed by atoms with van der Waals surface area (Å²) in [5, 5.41) is 0. The minimum absolute atomic E-state index is 0.445. The summed E-state index contributed by atoms with van der Waals surface area (Å²) >= 11 is 0. The van der Waals surface area contributed by atoms with E-state index in [1.807, 2.05) is 0 Å². The molecule has 0 amide bonds. The second-order valence-electron chi connectivity index (χ2n) is 6.27. The third kappa shape index (κ3) is 2.48. The van der Waals surface area contributed by atoms with Gasteiger partial charge in [0.2, 0.25) is 0 Å². The molecule has 0 aliphatic heterocycles. The highest BCUT2D eigenvalue weighted by Gasteiger charge is 2.34. The van der Waals surface area contributed by atoms with E-state index >= 15 is 0 Å². The van der Waals surface area contributed by atoms with E-state index in [0.29, 0.717) is 5.41 Å². The molecule has 2 atom stereocenters. The Balaban J connectivity index is 2.24. The summed E-state index contributed by atoms with van der Waals surface area (Å²) in [6, 6.07) is 11.1. The summed E-state index contributed by atoms with van der Waals surface area (Å²) in [5.41, 5.74) is 2.00. The SMILES string of the molecule is CC(C)(C)[C@H]1CCCC[C@@H]1c1ccccc1. The Morgan fingerprint density at radius 1 is 0.938 bits per heavy atom. The second kappa shape index (κ2) is 4.61. The van der Waals surface area contributed by atoms with Crippen molar-refractivity contribution in [3.63, 3.8) is 0 Å². The maximum atomic E-state index is 2.40. The van der Waals surface area contributed by atoms with E-state index < -0.39 is 0 Å². The van der Waals surface area contributed by atoms with Gasteiger partial charge in [0.05, 0.1) is 0 Å². The Labute approximate surface area is 100 Å². The van der Waals surface area contributed by atoms with Crippen LogP contribution < -0.4 is 0 Å². The van der Waals surface area contributed by atoms with Crippen molar-refractivity contribution < 1.29 is 0 Å². The Bertz CT molecular complexity index is 318. The zero-order valence-electron chi connectivity index (χ0n) is 10.9. The fraction of sp³-hybridized carbons (Fsp3) is 0.625. The van der Waals surface area contributed by atoms with Gasteiger partial charge in [-0.1, -0.05) is 63.9 Å². The van der Waals surface area contributed by atoms with Crippen molar-refractivity contribution in [3.8, 4) is 0 Å². The van der Waals surface area contributed by atoms with Crippen molar-refractivity contribution in [2.24, 2.45) is 11.3 Å². The molecule has 0 nitrogen and oxygen atoms in total. The Hall–Kier alpha value is -0.780. The van der Waals surface area contributed by atoms with E-state index in [2.05, 4.69) is 51.1 Å². The van der Waals surface area contributed by atoms with Crippen LogP contribution in [0, 0.1) is 11.3 Å². The zero-order valence-corrected chi connectivity index (χ0v) is 10.9. The van der Waals surface area contributed by atoms with Crippen LogP contribution in [-0.2, 0) is 0 Å². The van der Waals surface area contributed by atoms with Gasteiger partial charge >= 0.3 is 0 Å². The summed E-state index contributed by atoms with van der Waals surface area (Å²) in [6.07, 6.45) is 5.62. The first-order valence-electron chi connectivity index (χ1n) is 6.64. The van der Waals surface area contributed by atoms with E-state index in [4.69, 9.17) is 0 Å². The van der Waals surface area contributed by atoms with Gasteiger partial charge in [0.25, 0.3) is 0 Å². The molecule has 0 heterocycles. The normalized spacial score (nSPS) is 26.7. The third-order valence-corrected chi connectivity index (χ3v) is 4.11. The summed E-state index contributed by atoms with van der Waals surface area (Å²) in [7, 11) is 0. The number of hydrogen-bond donors (Lipinski definition) is 0. The minimum Gasteiger partial charge on any atom is -0.0622 e. The van der Waals surface area contributed by atoms with Crippen molar-refractivity contribution in [2.75, 3.05) is 0 Å². The molecule has 1 aliphatic carbocycles. The topological polar surface area (TPSA) is 0 Å². The lowest BCUT2D eigenvalue weighted by atomic mass is 9.64. The van der Waals surface area contributed by atoms with Crippen molar-refractivity contribution >= 4 is 0 Å². The van der Waals surface area contributed by atoms with E-state index in [-0.39, 0.29) is 0 Å². The van der Waals surface area contributed by atoms with Crippen LogP contribution in [0.2, 0.25) is 0 Å². The lowest BCUT2D eigenvalue weighted by molar-refractivity contribution is 0.151. The summed E-state index contributed by atoms with van der Waals surface area (Å²) < 4.78 is 0. The monoisotopic (exact) mass is 216 g/mol. The van der Waals surface area contributed by atoms with Crippen LogP contribution in [0.25, 0.3) is 0 Å². The summed E-state index contributed by atoms with van der Waals surface area (Å²) in [5.74, 6) is 1.64. The minimum atomic E-state index is 0.445. The van der Waals surface area contributed by atoms with Gasteiger partial charge in [0, 0.05) is 0 Å². The Kier molecular flexibility index (Phi) is 3.37. The number of hydrogen-bond acceptors (Lipinski definition) is 0. The molecule has 88 valence electrons. The molecule has 0 N–H and O–H groups in total. The fourth-order valence-electron chi connectivity index (χ4n) is 3.27. The van der Waals surface area contributed by atoms with Gasteiger partial charge in [0.15, 0.2) is 0 Å². The van der Waals surface area contributed by atoms with Gasteiger partial charge in [-0.05, 0) is 35.7 Å². The molecule has 0 radical (unpaired) electrons. The molecule has 0 heteroatoms. The summed E-state index contributed by atoms with van der Waals surface area (Å²) in [4.78, 5) is 0. The maximum Gasteiger partial charge on any atom is -0.0129 e. The first-order chi connectivity index (χ1) is 7.59. The summed E-state index contributed by atoms with van der Waals surface area (Å²) in [6.45, 7) is 7.21. The van der Waals surface area contributed by atoms with Crippen LogP contribution >= 0.6 is 0 Å². The predicted octanol–water partition coefficient (Wildman–Crippen LogP) is 5.01. The molecule has 1 fully saturated rings. The Morgan fingerprint density at radius 3 is 2.19 bits per heavy atom. The van der Waals surface area contributed by atoms with Crippen LogP contribution in [-0.4, -0.2) is 0 Å². The van der Waals surface area contributed by atoms with Crippen molar-refractivity contribution in [2.45, 2.75) is 52.4 Å². The van der Waals surface area contributed by atoms with Crippen LogP contribution in [0.15, 0.2) is 30.3 Å². The highest BCUT2D eigenvalue weighted by molar-refractivity contribution is 5.21. The molecule has 0 bridgehead atoms. The Morgan fingerprint density at radius 2 is 1.56 bits per heavy atom. The van der Waals surface area contributed by atoms with Crippen LogP contribution in [0.3, 0.4) is 0 Å². The van der Waals surface area contributed by atoms with Gasteiger partial charge in [-0.3, -0.25) is 0 Å². The van der Waals surface area contributed by atoms with E-state index in [0.717, 1.165) is 11.8 Å². The molecule has 0 unspecified atom stereocenters. The molecule has 0 spiro atoms. The van der Waals surface area contributed by atoms with Crippen LogP contribution in [0.5, 0.6) is 0 Å². The second-order valence-corrected chi connectivity index (χ2v) is 6.27. The smallest absolute Gasteiger partial charge is 0.0129 e. The molecule has 1 aromatic rings. The third-order valence-electron chi connectivity index (χ3n) is 4.11. The maximum absolute atomic E-state index is 2.40. The van der Waals surface area contributed by atoms with E-state index in [9.17, 15) is 0 Å².